The Hall–Kier alpha value is -2.07. The van der Waals surface area contributed by atoms with E-state index in [4.69, 9.17) is 18.4 Å². The number of nitrogens with zero attached hydrogens (tertiary/aromatic N) is 1. The molecule has 3 N–H and O–H groups in total. The Kier molecular flexibility index (Phi) is 7.49. The first-order valence-electron chi connectivity index (χ1n) is 11.2. The average molecular weight is 437 g/mol. The number of amides is 1. The first-order chi connectivity index (χ1) is 15.1. The number of hydrogen-bond acceptors (Lipinski definition) is 7. The van der Waals surface area contributed by atoms with Gasteiger partial charge in [0.25, 0.3) is 5.78 Å². The van der Waals surface area contributed by atoms with Gasteiger partial charge in [-0.1, -0.05) is 32.1 Å². The lowest BCUT2D eigenvalue weighted by Crippen LogP contribution is -2.51. The molecule has 1 saturated carbocycles. The predicted molar refractivity (Wildman–Crippen MR) is 113 cm³/mol. The topological polar surface area (TPSA) is 118 Å². The summed E-state index contributed by atoms with van der Waals surface area (Å²) in [5.41, 5.74) is 3.27. The molecule has 2 aromatic heterocycles. The number of ether oxygens (including phenoxy) is 1. The lowest BCUT2D eigenvalue weighted by molar-refractivity contribution is -0.0873. The minimum Gasteiger partial charge on any atom is -0.465 e. The molecule has 2 fully saturated rings. The lowest BCUT2D eigenvalue weighted by atomic mass is 9.83. The van der Waals surface area contributed by atoms with Crippen molar-refractivity contribution in [1.29, 1.82) is 0 Å². The van der Waals surface area contributed by atoms with Crippen LogP contribution >= 0.6 is 0 Å². The number of fused-ring (bicyclic) bond motifs is 1. The molecule has 0 radical (unpaired) electrons. The molecule has 31 heavy (non-hydrogen) atoms. The number of aliphatic hydroxyl groups is 1. The van der Waals surface area contributed by atoms with Crippen molar-refractivity contribution in [2.45, 2.75) is 69.6 Å². The third-order valence-corrected chi connectivity index (χ3v) is 6.44. The normalized spacial score (nSPS) is 20.7. The number of anilines is 1. The maximum absolute atomic E-state index is 12.3. The average Bonchev–Trinajstić information content (AvgIpc) is 3.39. The summed E-state index contributed by atoms with van der Waals surface area (Å²) in [6.45, 7) is 1.45. The van der Waals surface area contributed by atoms with Crippen molar-refractivity contribution < 1.29 is 33.4 Å². The van der Waals surface area contributed by atoms with Gasteiger partial charge in [0, 0.05) is 19.8 Å². The minimum atomic E-state index is -1.13. The highest BCUT2D eigenvalue weighted by Gasteiger charge is 2.35. The summed E-state index contributed by atoms with van der Waals surface area (Å²) in [4.78, 5) is 19.3. The zero-order chi connectivity index (χ0) is 21.6. The largest absolute Gasteiger partial charge is 0.465 e. The number of nitrogens with one attached hydrogen (secondary N) is 1. The van der Waals surface area contributed by atoms with Gasteiger partial charge in [0.2, 0.25) is 0 Å². The monoisotopic (exact) mass is 436 g/mol. The van der Waals surface area contributed by atoms with Gasteiger partial charge in [-0.3, -0.25) is 9.74 Å². The van der Waals surface area contributed by atoms with Crippen LogP contribution in [0.1, 0.15) is 51.4 Å². The van der Waals surface area contributed by atoms with E-state index in [1.54, 1.807) is 6.07 Å². The van der Waals surface area contributed by atoms with Gasteiger partial charge in [-0.05, 0) is 31.2 Å². The summed E-state index contributed by atoms with van der Waals surface area (Å²) in [5.74, 6) is 0.645. The van der Waals surface area contributed by atoms with E-state index in [9.17, 15) is 15.0 Å². The molecule has 1 aliphatic heterocycles. The van der Waals surface area contributed by atoms with Gasteiger partial charge in [-0.2, -0.15) is 5.48 Å². The van der Waals surface area contributed by atoms with Crippen LogP contribution in [-0.2, 0) is 9.57 Å². The first-order valence-corrected chi connectivity index (χ1v) is 11.2. The predicted octanol–water partition coefficient (Wildman–Crippen LogP) is 3.91. The zero-order valence-electron chi connectivity index (χ0n) is 17.7. The molecule has 2 aliphatic rings. The summed E-state index contributed by atoms with van der Waals surface area (Å²) in [6, 6.07) is 1.04. The van der Waals surface area contributed by atoms with Gasteiger partial charge in [0.1, 0.15) is 6.26 Å². The third-order valence-electron chi connectivity index (χ3n) is 6.44. The van der Waals surface area contributed by atoms with E-state index in [0.717, 1.165) is 38.5 Å². The van der Waals surface area contributed by atoms with Gasteiger partial charge >= 0.3 is 6.09 Å². The fraction of sp³-hybridized carbons (Fsp3) is 0.682. The first kappa shape index (κ1) is 22.1. The van der Waals surface area contributed by atoms with Crippen molar-refractivity contribution in [3.8, 4) is 0 Å². The van der Waals surface area contributed by atoms with E-state index < -0.39 is 18.2 Å². The lowest BCUT2D eigenvalue weighted by Gasteiger charge is -2.36. The molecule has 0 spiro atoms. The standard InChI is InChI=1S/C22H32N2O7/c25-20(13-23-31-16-6-9-28-10-7-16)18(12-15-4-2-1-3-5-15)24(22(26)27)19-14-30-21-17(19)8-11-29-21/h8,11,14-16,18,20,23,25H,1-7,9-10,12-13H2,(H,26,27)/t18-,20+/m0/s1. The van der Waals surface area contributed by atoms with Crippen LogP contribution in [0.15, 0.2) is 27.4 Å². The van der Waals surface area contributed by atoms with Crippen molar-refractivity contribution in [1.82, 2.24) is 5.48 Å². The van der Waals surface area contributed by atoms with Crippen LogP contribution in [0.4, 0.5) is 10.5 Å². The number of hydroxylamine groups is 1. The second-order valence-corrected chi connectivity index (χ2v) is 8.55. The van der Waals surface area contributed by atoms with Crippen molar-refractivity contribution in [3.05, 3.63) is 18.6 Å². The molecule has 1 amide bonds. The highest BCUT2D eigenvalue weighted by molar-refractivity contribution is 5.98. The Morgan fingerprint density at radius 1 is 1.19 bits per heavy atom. The Morgan fingerprint density at radius 3 is 2.71 bits per heavy atom. The van der Waals surface area contributed by atoms with Crippen LogP contribution in [0.5, 0.6) is 0 Å². The molecule has 2 atom stereocenters. The maximum Gasteiger partial charge on any atom is 0.412 e. The Morgan fingerprint density at radius 2 is 1.97 bits per heavy atom. The fourth-order valence-corrected chi connectivity index (χ4v) is 4.74. The van der Waals surface area contributed by atoms with Crippen molar-refractivity contribution in [2.24, 2.45) is 5.92 Å². The third kappa shape index (κ3) is 5.41. The van der Waals surface area contributed by atoms with E-state index in [2.05, 4.69) is 5.48 Å². The molecule has 0 unspecified atom stereocenters. The summed E-state index contributed by atoms with van der Waals surface area (Å²) >= 11 is 0. The molecule has 0 bridgehead atoms. The van der Waals surface area contributed by atoms with Crippen LogP contribution in [0.3, 0.4) is 0 Å². The fourth-order valence-electron chi connectivity index (χ4n) is 4.74. The van der Waals surface area contributed by atoms with Crippen molar-refractivity contribution >= 4 is 22.9 Å². The number of aliphatic hydroxyl groups excluding tert-OH is 1. The van der Waals surface area contributed by atoms with E-state index in [1.807, 2.05) is 0 Å². The summed E-state index contributed by atoms with van der Waals surface area (Å²) < 4.78 is 16.0. The maximum atomic E-state index is 12.3. The number of hydrogen-bond donors (Lipinski definition) is 3. The van der Waals surface area contributed by atoms with Gasteiger partial charge in [0.15, 0.2) is 0 Å². The van der Waals surface area contributed by atoms with E-state index in [0.29, 0.717) is 36.6 Å². The zero-order valence-corrected chi connectivity index (χ0v) is 17.7. The van der Waals surface area contributed by atoms with Gasteiger partial charge in [-0.25, -0.2) is 4.79 Å². The Balaban J connectivity index is 1.50. The molecule has 2 aromatic rings. The SMILES string of the molecule is O=C(O)N(c1coc2occc12)[C@@H](CC1CCCCC1)[C@H](O)CNOC1CCOCC1. The summed E-state index contributed by atoms with van der Waals surface area (Å²) in [7, 11) is 0. The summed E-state index contributed by atoms with van der Waals surface area (Å²) in [5, 5.41) is 21.8. The van der Waals surface area contributed by atoms with Crippen LogP contribution in [0.25, 0.3) is 11.2 Å². The highest BCUT2D eigenvalue weighted by Crippen LogP contribution is 2.35. The van der Waals surface area contributed by atoms with Crippen LogP contribution in [-0.4, -0.2) is 54.3 Å². The Labute approximate surface area is 181 Å². The number of rotatable bonds is 9. The van der Waals surface area contributed by atoms with Crippen LogP contribution in [0, 0.1) is 5.92 Å². The molecular formula is C22H32N2O7. The molecule has 9 heteroatoms. The van der Waals surface area contributed by atoms with Crippen molar-refractivity contribution in [2.75, 3.05) is 24.7 Å². The molecule has 9 nitrogen and oxygen atoms in total. The van der Waals surface area contributed by atoms with E-state index in [-0.39, 0.29) is 18.4 Å². The number of carbonyl (C=O) groups is 1. The quantitative estimate of drug-likeness (QED) is 0.507. The molecule has 3 heterocycles. The highest BCUT2D eigenvalue weighted by atomic mass is 16.7. The second kappa shape index (κ2) is 10.5. The molecule has 0 aromatic carbocycles. The van der Waals surface area contributed by atoms with Gasteiger partial charge in [-0.15, -0.1) is 0 Å². The molecule has 1 aliphatic carbocycles. The number of carboxylic acid groups (broad SMARTS) is 1. The van der Waals surface area contributed by atoms with E-state index >= 15 is 0 Å². The summed E-state index contributed by atoms with van der Waals surface area (Å²) in [6.07, 6.45) is 8.57. The smallest absolute Gasteiger partial charge is 0.412 e. The molecule has 4 rings (SSSR count). The second-order valence-electron chi connectivity index (χ2n) is 8.55. The van der Waals surface area contributed by atoms with Crippen LogP contribution < -0.4 is 10.4 Å². The molecular weight excluding hydrogens is 404 g/mol. The minimum absolute atomic E-state index is 0.0350. The molecule has 1 saturated heterocycles. The van der Waals surface area contributed by atoms with Crippen LogP contribution in [0.2, 0.25) is 0 Å². The number of furan rings is 2. The van der Waals surface area contributed by atoms with Gasteiger partial charge < -0.3 is 23.8 Å². The molecule has 172 valence electrons. The van der Waals surface area contributed by atoms with E-state index in [1.165, 1.54) is 23.8 Å². The van der Waals surface area contributed by atoms with Gasteiger partial charge in [0.05, 0.1) is 35.6 Å². The van der Waals surface area contributed by atoms with Crippen molar-refractivity contribution in [3.63, 3.8) is 0 Å². The Bertz CT molecular complexity index is 823.